The number of urea groups is 1. The highest BCUT2D eigenvalue weighted by Crippen LogP contribution is 2.26. The zero-order chi connectivity index (χ0) is 20.2. The van der Waals surface area contributed by atoms with Crippen molar-refractivity contribution in [3.8, 4) is 11.5 Å². The molecule has 2 aromatic carbocycles. The second-order valence-electron chi connectivity index (χ2n) is 6.21. The molecule has 0 aliphatic heterocycles. The van der Waals surface area contributed by atoms with Crippen molar-refractivity contribution in [2.75, 3.05) is 32.8 Å². The number of benzene rings is 2. The number of hydrogen-bond donors (Lipinski definition) is 1. The SMILES string of the molecule is COc1ccc(CN(C)C(=O)Nc2cc(S(C)(=O)=O)ccc2C)c(OC)c1. The van der Waals surface area contributed by atoms with Gasteiger partial charge >= 0.3 is 6.03 Å². The molecular weight excluding hydrogens is 368 g/mol. The molecule has 0 saturated carbocycles. The maximum Gasteiger partial charge on any atom is 0.321 e. The first kappa shape index (κ1) is 20.6. The Hall–Kier alpha value is -2.74. The van der Waals surface area contributed by atoms with E-state index in [1.54, 1.807) is 46.4 Å². The lowest BCUT2D eigenvalue weighted by molar-refractivity contribution is 0.220. The molecule has 1 N–H and O–H groups in total. The molecule has 0 aliphatic rings. The van der Waals surface area contributed by atoms with Gasteiger partial charge < -0.3 is 19.7 Å². The van der Waals surface area contributed by atoms with Crippen LogP contribution in [0, 0.1) is 6.92 Å². The van der Waals surface area contributed by atoms with E-state index in [4.69, 9.17) is 9.47 Å². The summed E-state index contributed by atoms with van der Waals surface area (Å²) in [6, 6.07) is 9.66. The van der Waals surface area contributed by atoms with E-state index < -0.39 is 9.84 Å². The number of carbonyl (C=O) groups excluding carboxylic acids is 1. The van der Waals surface area contributed by atoms with Crippen LogP contribution in [0.4, 0.5) is 10.5 Å². The molecule has 2 amide bonds. The van der Waals surface area contributed by atoms with Gasteiger partial charge in [0.05, 0.1) is 25.7 Å². The number of aryl methyl sites for hydroxylation is 1. The quantitative estimate of drug-likeness (QED) is 0.817. The first-order valence-electron chi connectivity index (χ1n) is 8.19. The van der Waals surface area contributed by atoms with Crippen molar-refractivity contribution in [3.63, 3.8) is 0 Å². The Labute approximate surface area is 159 Å². The number of nitrogens with one attached hydrogen (secondary N) is 1. The fraction of sp³-hybridized carbons (Fsp3) is 0.316. The summed E-state index contributed by atoms with van der Waals surface area (Å²) in [5.41, 5.74) is 2.04. The van der Waals surface area contributed by atoms with E-state index in [-0.39, 0.29) is 10.9 Å². The van der Waals surface area contributed by atoms with Crippen LogP contribution in [0.2, 0.25) is 0 Å². The van der Waals surface area contributed by atoms with Crippen molar-refractivity contribution in [3.05, 3.63) is 47.5 Å². The summed E-state index contributed by atoms with van der Waals surface area (Å²) < 4.78 is 34.0. The maximum atomic E-state index is 12.6. The minimum Gasteiger partial charge on any atom is -0.497 e. The maximum absolute atomic E-state index is 12.6. The smallest absolute Gasteiger partial charge is 0.321 e. The Morgan fingerprint density at radius 1 is 1.11 bits per heavy atom. The standard InChI is InChI=1S/C19H24N2O5S/c1-13-6-9-16(27(5,23)24)11-17(13)20-19(22)21(2)12-14-7-8-15(25-3)10-18(14)26-4/h6-11H,12H2,1-5H3,(H,20,22). The molecule has 0 aliphatic carbocycles. The Morgan fingerprint density at radius 2 is 1.81 bits per heavy atom. The summed E-state index contributed by atoms with van der Waals surface area (Å²) in [4.78, 5) is 14.2. The van der Waals surface area contributed by atoms with Gasteiger partial charge in [-0.25, -0.2) is 13.2 Å². The van der Waals surface area contributed by atoms with Gasteiger partial charge in [-0.15, -0.1) is 0 Å². The van der Waals surface area contributed by atoms with Crippen molar-refractivity contribution >= 4 is 21.6 Å². The van der Waals surface area contributed by atoms with Crippen molar-refractivity contribution < 1.29 is 22.7 Å². The summed E-state index contributed by atoms with van der Waals surface area (Å²) in [6.45, 7) is 2.11. The normalized spacial score (nSPS) is 11.0. The highest BCUT2D eigenvalue weighted by atomic mass is 32.2. The zero-order valence-corrected chi connectivity index (χ0v) is 16.9. The summed E-state index contributed by atoms with van der Waals surface area (Å²) >= 11 is 0. The van der Waals surface area contributed by atoms with Gasteiger partial charge in [0.15, 0.2) is 9.84 Å². The Morgan fingerprint density at radius 3 is 2.41 bits per heavy atom. The number of amides is 2. The van der Waals surface area contributed by atoms with E-state index in [0.29, 0.717) is 23.7 Å². The molecule has 0 heterocycles. The van der Waals surface area contributed by atoms with E-state index in [2.05, 4.69) is 5.32 Å². The lowest BCUT2D eigenvalue weighted by Crippen LogP contribution is -2.31. The molecule has 0 saturated heterocycles. The third kappa shape index (κ3) is 5.13. The van der Waals surface area contributed by atoms with Crippen molar-refractivity contribution in [1.29, 1.82) is 0 Å². The van der Waals surface area contributed by atoms with Crippen LogP contribution in [0.5, 0.6) is 11.5 Å². The Bertz CT molecular complexity index is 941. The predicted molar refractivity (Wildman–Crippen MR) is 104 cm³/mol. The third-order valence-corrected chi connectivity index (χ3v) is 5.24. The van der Waals surface area contributed by atoms with E-state index in [9.17, 15) is 13.2 Å². The molecule has 8 heteroatoms. The average Bonchev–Trinajstić information content (AvgIpc) is 2.62. The van der Waals surface area contributed by atoms with E-state index in [0.717, 1.165) is 17.4 Å². The van der Waals surface area contributed by atoms with Crippen LogP contribution in [0.15, 0.2) is 41.3 Å². The number of ether oxygens (including phenoxy) is 2. The molecule has 0 fully saturated rings. The van der Waals surface area contributed by atoms with Crippen LogP contribution in [-0.4, -0.2) is 46.9 Å². The van der Waals surface area contributed by atoms with Gasteiger partial charge in [-0.3, -0.25) is 0 Å². The van der Waals surface area contributed by atoms with Gasteiger partial charge in [0.1, 0.15) is 11.5 Å². The topological polar surface area (TPSA) is 84.9 Å². The number of anilines is 1. The van der Waals surface area contributed by atoms with E-state index in [1.165, 1.54) is 17.0 Å². The van der Waals surface area contributed by atoms with Crippen LogP contribution >= 0.6 is 0 Å². The van der Waals surface area contributed by atoms with Crippen LogP contribution < -0.4 is 14.8 Å². The van der Waals surface area contributed by atoms with Gasteiger partial charge in [-0.1, -0.05) is 6.07 Å². The molecule has 0 radical (unpaired) electrons. The second kappa shape index (κ2) is 8.30. The van der Waals surface area contributed by atoms with Crippen LogP contribution in [0.3, 0.4) is 0 Å². The highest BCUT2D eigenvalue weighted by Gasteiger charge is 2.15. The molecule has 2 rings (SSSR count). The van der Waals surface area contributed by atoms with Crippen LogP contribution in [0.1, 0.15) is 11.1 Å². The minimum atomic E-state index is -3.36. The summed E-state index contributed by atoms with van der Waals surface area (Å²) in [7, 11) is 1.42. The molecule has 2 aromatic rings. The lowest BCUT2D eigenvalue weighted by atomic mass is 10.2. The van der Waals surface area contributed by atoms with Gasteiger partial charge in [0, 0.05) is 30.6 Å². The third-order valence-electron chi connectivity index (χ3n) is 4.13. The van der Waals surface area contributed by atoms with Gasteiger partial charge in [0.2, 0.25) is 0 Å². The number of nitrogens with zero attached hydrogens (tertiary/aromatic N) is 1. The minimum absolute atomic E-state index is 0.155. The van der Waals surface area contributed by atoms with E-state index in [1.807, 2.05) is 6.07 Å². The number of methoxy groups -OCH3 is 2. The van der Waals surface area contributed by atoms with Gasteiger partial charge in [-0.2, -0.15) is 0 Å². The largest absolute Gasteiger partial charge is 0.497 e. The summed E-state index contributed by atoms with van der Waals surface area (Å²) in [5, 5.41) is 2.76. The molecule has 7 nitrogen and oxygen atoms in total. The summed E-state index contributed by atoms with van der Waals surface area (Å²) in [6.07, 6.45) is 1.13. The molecule has 146 valence electrons. The van der Waals surface area contributed by atoms with E-state index >= 15 is 0 Å². The highest BCUT2D eigenvalue weighted by molar-refractivity contribution is 7.90. The first-order valence-corrected chi connectivity index (χ1v) is 10.1. The van der Waals surface area contributed by atoms with Crippen LogP contribution in [0.25, 0.3) is 0 Å². The fourth-order valence-electron chi connectivity index (χ4n) is 2.49. The number of hydrogen-bond acceptors (Lipinski definition) is 5. The lowest BCUT2D eigenvalue weighted by Gasteiger charge is -2.20. The van der Waals surface area contributed by atoms with Crippen LogP contribution in [-0.2, 0) is 16.4 Å². The van der Waals surface area contributed by atoms with Crippen molar-refractivity contribution in [1.82, 2.24) is 4.90 Å². The Balaban J connectivity index is 2.17. The fourth-order valence-corrected chi connectivity index (χ4v) is 3.13. The monoisotopic (exact) mass is 392 g/mol. The van der Waals surface area contributed by atoms with Crippen molar-refractivity contribution in [2.45, 2.75) is 18.4 Å². The first-order chi connectivity index (χ1) is 12.7. The molecular formula is C19H24N2O5S. The zero-order valence-electron chi connectivity index (χ0n) is 16.1. The number of rotatable bonds is 6. The van der Waals surface area contributed by atoms with Gasteiger partial charge in [0.25, 0.3) is 0 Å². The molecule has 0 unspecified atom stereocenters. The molecule has 0 atom stereocenters. The van der Waals surface area contributed by atoms with Crippen molar-refractivity contribution in [2.24, 2.45) is 0 Å². The van der Waals surface area contributed by atoms with Gasteiger partial charge in [-0.05, 0) is 36.8 Å². The molecule has 0 bridgehead atoms. The molecule has 0 aromatic heterocycles. The number of sulfone groups is 1. The summed E-state index contributed by atoms with van der Waals surface area (Å²) in [5.74, 6) is 1.28. The number of carbonyl (C=O) groups is 1. The molecule has 0 spiro atoms. The molecule has 27 heavy (non-hydrogen) atoms. The average molecular weight is 392 g/mol. The predicted octanol–water partition coefficient (Wildman–Crippen LogP) is 3.08. The Kier molecular flexibility index (Phi) is 6.32. The second-order valence-corrected chi connectivity index (χ2v) is 8.23.